The Morgan fingerprint density at radius 3 is 2.28 bits per heavy atom. The van der Waals surface area contributed by atoms with E-state index in [1.807, 2.05) is 30.3 Å². The third kappa shape index (κ3) is 2.93. The van der Waals surface area contributed by atoms with E-state index in [0.29, 0.717) is 0 Å². The van der Waals surface area contributed by atoms with E-state index in [-0.39, 0.29) is 6.04 Å². The topological polar surface area (TPSA) is 38.0 Å². The molecule has 94 valence electrons. The summed E-state index contributed by atoms with van der Waals surface area (Å²) in [5, 5.41) is 0.724. The van der Waals surface area contributed by atoms with Gasteiger partial charge >= 0.3 is 0 Å². The number of nitrogens with one attached hydrogen (secondary N) is 1. The molecule has 0 heterocycles. The van der Waals surface area contributed by atoms with Gasteiger partial charge in [-0.15, -0.1) is 0 Å². The largest absolute Gasteiger partial charge is 0.271 e. The smallest absolute Gasteiger partial charge is 0.0710 e. The minimum atomic E-state index is -0.0333. The van der Waals surface area contributed by atoms with Crippen LogP contribution in [0.4, 0.5) is 0 Å². The fourth-order valence-corrected chi connectivity index (χ4v) is 2.26. The van der Waals surface area contributed by atoms with Crippen LogP contribution in [0.15, 0.2) is 46.9 Å². The van der Waals surface area contributed by atoms with Gasteiger partial charge in [0.1, 0.15) is 0 Å². The van der Waals surface area contributed by atoms with Crippen LogP contribution in [0.5, 0.6) is 0 Å². The molecule has 0 fully saturated rings. The quantitative estimate of drug-likeness (QED) is 0.662. The maximum atomic E-state index is 5.89. The summed E-state index contributed by atoms with van der Waals surface area (Å²) < 4.78 is 1.10. The summed E-state index contributed by atoms with van der Waals surface area (Å²) in [5.41, 5.74) is 6.24. The lowest BCUT2D eigenvalue weighted by molar-refractivity contribution is 0.636. The zero-order chi connectivity index (χ0) is 13.1. The third-order valence-corrected chi connectivity index (χ3v) is 4.03. The van der Waals surface area contributed by atoms with Gasteiger partial charge in [0.15, 0.2) is 0 Å². The highest BCUT2D eigenvalue weighted by Crippen LogP contribution is 2.26. The van der Waals surface area contributed by atoms with Crippen LogP contribution in [0.25, 0.3) is 0 Å². The molecular weight excluding hydrogens is 312 g/mol. The molecule has 2 rings (SSSR count). The van der Waals surface area contributed by atoms with E-state index in [1.165, 1.54) is 5.56 Å². The molecular formula is C14H14BrClN2. The van der Waals surface area contributed by atoms with Crippen LogP contribution in [0, 0.1) is 6.92 Å². The van der Waals surface area contributed by atoms with Crippen molar-refractivity contribution in [2.24, 2.45) is 5.84 Å². The molecule has 1 atom stereocenters. The van der Waals surface area contributed by atoms with Gasteiger partial charge in [0.2, 0.25) is 0 Å². The molecule has 1 unspecified atom stereocenters. The van der Waals surface area contributed by atoms with E-state index >= 15 is 0 Å². The summed E-state index contributed by atoms with van der Waals surface area (Å²) in [7, 11) is 0. The lowest BCUT2D eigenvalue weighted by Gasteiger charge is -2.18. The minimum Gasteiger partial charge on any atom is -0.271 e. The van der Waals surface area contributed by atoms with Gasteiger partial charge in [-0.25, -0.2) is 5.43 Å². The molecule has 0 bridgehead atoms. The van der Waals surface area contributed by atoms with Crippen molar-refractivity contribution < 1.29 is 0 Å². The highest BCUT2D eigenvalue weighted by atomic mass is 79.9. The number of hydrazine groups is 1. The zero-order valence-corrected chi connectivity index (χ0v) is 12.3. The van der Waals surface area contributed by atoms with E-state index in [9.17, 15) is 0 Å². The van der Waals surface area contributed by atoms with Gasteiger partial charge in [0.25, 0.3) is 0 Å². The third-order valence-electron chi connectivity index (χ3n) is 2.89. The maximum absolute atomic E-state index is 5.89. The Bertz CT molecular complexity index is 540. The van der Waals surface area contributed by atoms with E-state index in [2.05, 4.69) is 40.4 Å². The maximum Gasteiger partial charge on any atom is 0.0710 e. The van der Waals surface area contributed by atoms with Crippen molar-refractivity contribution in [3.05, 3.63) is 68.7 Å². The number of hydrogen-bond donors (Lipinski definition) is 2. The number of halogens is 2. The molecule has 0 aromatic heterocycles. The molecule has 2 aromatic carbocycles. The molecule has 0 radical (unpaired) electrons. The van der Waals surface area contributed by atoms with Crippen molar-refractivity contribution in [3.63, 3.8) is 0 Å². The number of aryl methyl sites for hydroxylation is 1. The summed E-state index contributed by atoms with van der Waals surface area (Å²) in [4.78, 5) is 0. The lowest BCUT2D eigenvalue weighted by Crippen LogP contribution is -2.28. The monoisotopic (exact) mass is 324 g/mol. The van der Waals surface area contributed by atoms with Crippen LogP contribution in [0.3, 0.4) is 0 Å². The van der Waals surface area contributed by atoms with Gasteiger partial charge in [-0.1, -0.05) is 51.8 Å². The van der Waals surface area contributed by atoms with Crippen molar-refractivity contribution in [1.82, 2.24) is 5.43 Å². The summed E-state index contributed by atoms with van der Waals surface area (Å²) >= 11 is 9.39. The lowest BCUT2D eigenvalue weighted by atomic mass is 9.98. The predicted octanol–water partition coefficient (Wildman–Crippen LogP) is 3.96. The van der Waals surface area contributed by atoms with Gasteiger partial charge in [0, 0.05) is 9.50 Å². The second-order valence-corrected chi connectivity index (χ2v) is 5.45. The second kappa shape index (κ2) is 5.85. The average molecular weight is 326 g/mol. The van der Waals surface area contributed by atoms with Crippen molar-refractivity contribution in [1.29, 1.82) is 0 Å². The number of rotatable bonds is 3. The van der Waals surface area contributed by atoms with Gasteiger partial charge in [-0.2, -0.15) is 0 Å². The van der Waals surface area contributed by atoms with Crippen molar-refractivity contribution >= 4 is 27.5 Å². The van der Waals surface area contributed by atoms with E-state index in [4.69, 9.17) is 17.4 Å². The summed E-state index contributed by atoms with van der Waals surface area (Å²) in [6.45, 7) is 2.06. The van der Waals surface area contributed by atoms with Crippen LogP contribution < -0.4 is 11.3 Å². The number of nitrogens with two attached hydrogens (primary N) is 1. The summed E-state index contributed by atoms with van der Waals surface area (Å²) in [6, 6.07) is 13.9. The molecule has 0 spiro atoms. The Kier molecular flexibility index (Phi) is 4.40. The van der Waals surface area contributed by atoms with Crippen LogP contribution in [0.1, 0.15) is 22.7 Å². The number of hydrogen-bond acceptors (Lipinski definition) is 2. The van der Waals surface area contributed by atoms with Crippen molar-refractivity contribution in [3.8, 4) is 0 Å². The summed E-state index contributed by atoms with van der Waals surface area (Å²) in [5.74, 6) is 5.67. The molecule has 0 aliphatic rings. The first-order valence-electron chi connectivity index (χ1n) is 5.59. The first kappa shape index (κ1) is 13.6. The highest BCUT2D eigenvalue weighted by molar-refractivity contribution is 9.10. The van der Waals surface area contributed by atoms with Crippen LogP contribution in [-0.4, -0.2) is 0 Å². The Labute approximate surface area is 120 Å². The predicted molar refractivity (Wildman–Crippen MR) is 79.5 cm³/mol. The first-order valence-corrected chi connectivity index (χ1v) is 6.76. The normalized spacial score (nSPS) is 12.4. The molecule has 2 aromatic rings. The molecule has 4 heteroatoms. The van der Waals surface area contributed by atoms with Crippen molar-refractivity contribution in [2.75, 3.05) is 0 Å². The minimum absolute atomic E-state index is 0.0333. The fraction of sp³-hybridized carbons (Fsp3) is 0.143. The van der Waals surface area contributed by atoms with Gasteiger partial charge in [-0.05, 0) is 41.8 Å². The Balaban J connectivity index is 2.38. The molecule has 18 heavy (non-hydrogen) atoms. The molecule has 0 aliphatic carbocycles. The van der Waals surface area contributed by atoms with Gasteiger partial charge < -0.3 is 0 Å². The zero-order valence-electron chi connectivity index (χ0n) is 9.95. The SMILES string of the molecule is Cc1cc(C(NN)c2ccc(Cl)cc2)ccc1Br. The van der Waals surface area contributed by atoms with Crippen LogP contribution in [-0.2, 0) is 0 Å². The van der Waals surface area contributed by atoms with Gasteiger partial charge in [0.05, 0.1) is 6.04 Å². The number of benzene rings is 2. The second-order valence-electron chi connectivity index (χ2n) is 4.16. The molecule has 0 saturated carbocycles. The van der Waals surface area contributed by atoms with Crippen molar-refractivity contribution in [2.45, 2.75) is 13.0 Å². The average Bonchev–Trinajstić information content (AvgIpc) is 2.37. The molecule has 0 amide bonds. The van der Waals surface area contributed by atoms with Crippen LogP contribution in [0.2, 0.25) is 5.02 Å². The Morgan fingerprint density at radius 2 is 1.72 bits per heavy atom. The summed E-state index contributed by atoms with van der Waals surface area (Å²) in [6.07, 6.45) is 0. The molecule has 0 aliphatic heterocycles. The molecule has 3 N–H and O–H groups in total. The van der Waals surface area contributed by atoms with Crippen LogP contribution >= 0.6 is 27.5 Å². The van der Waals surface area contributed by atoms with E-state index in [1.54, 1.807) is 0 Å². The van der Waals surface area contributed by atoms with E-state index < -0.39 is 0 Å². The Morgan fingerprint density at radius 1 is 1.11 bits per heavy atom. The standard InChI is InChI=1S/C14H14BrClN2/c1-9-8-11(4-7-13(9)15)14(18-17)10-2-5-12(16)6-3-10/h2-8,14,18H,17H2,1H3. The first-order chi connectivity index (χ1) is 8.61. The van der Waals surface area contributed by atoms with E-state index in [0.717, 1.165) is 20.6 Å². The highest BCUT2D eigenvalue weighted by Gasteiger charge is 2.12. The van der Waals surface area contributed by atoms with Gasteiger partial charge in [-0.3, -0.25) is 5.84 Å². The fourth-order valence-electron chi connectivity index (χ4n) is 1.89. The molecule has 2 nitrogen and oxygen atoms in total. The Hall–Kier alpha value is -0.870. The molecule has 0 saturated heterocycles.